The van der Waals surface area contributed by atoms with Crippen molar-refractivity contribution in [3.05, 3.63) is 28.5 Å². The number of hydrogen-bond acceptors (Lipinski definition) is 3. The molecule has 1 N–H and O–H groups in total. The molecular weight excluding hydrogens is 282 g/mol. The highest BCUT2D eigenvalue weighted by molar-refractivity contribution is 9.10. The van der Waals surface area contributed by atoms with Gasteiger partial charge in [-0.05, 0) is 31.0 Å². The highest BCUT2D eigenvalue weighted by Gasteiger charge is 2.27. The number of rotatable bonds is 3. The van der Waals surface area contributed by atoms with Gasteiger partial charge in [-0.3, -0.25) is 5.10 Å². The molecule has 0 bridgehead atoms. The molecule has 0 radical (unpaired) electrons. The van der Waals surface area contributed by atoms with E-state index < -0.39 is 0 Å². The van der Waals surface area contributed by atoms with Crippen molar-refractivity contribution in [2.45, 2.75) is 18.8 Å². The normalized spacial score (nSPS) is 14.9. The molecule has 1 aromatic heterocycles. The molecule has 1 fully saturated rings. The second-order valence-corrected chi connectivity index (χ2v) is 5.08. The monoisotopic (exact) mass is 293 g/mol. The minimum absolute atomic E-state index is 0.581. The Balaban J connectivity index is 2.01. The first-order valence-corrected chi connectivity index (χ1v) is 6.33. The van der Waals surface area contributed by atoms with E-state index in [9.17, 15) is 0 Å². The number of hydrogen-bond donors (Lipinski definition) is 1. The quantitative estimate of drug-likeness (QED) is 0.946. The summed E-state index contributed by atoms with van der Waals surface area (Å²) in [6, 6.07) is 5.84. The van der Waals surface area contributed by atoms with Crippen LogP contribution in [0.15, 0.2) is 22.7 Å². The van der Waals surface area contributed by atoms with Gasteiger partial charge in [0, 0.05) is 10.4 Å². The van der Waals surface area contributed by atoms with Crippen LogP contribution in [0.2, 0.25) is 0 Å². The lowest BCUT2D eigenvalue weighted by atomic mass is 10.2. The van der Waals surface area contributed by atoms with Gasteiger partial charge in [-0.2, -0.15) is 5.10 Å². The molecule has 0 unspecified atom stereocenters. The molecule has 1 aliphatic carbocycles. The van der Waals surface area contributed by atoms with Crippen LogP contribution in [0.1, 0.15) is 24.6 Å². The Hall–Kier alpha value is -1.36. The lowest BCUT2D eigenvalue weighted by molar-refractivity contribution is 0.416. The highest BCUT2D eigenvalue weighted by Crippen LogP contribution is 2.39. The molecule has 0 saturated heterocycles. The van der Waals surface area contributed by atoms with Crippen molar-refractivity contribution >= 4 is 15.9 Å². The predicted molar refractivity (Wildman–Crippen MR) is 68.0 cm³/mol. The number of H-pyrrole nitrogens is 1. The van der Waals surface area contributed by atoms with Gasteiger partial charge in [0.2, 0.25) is 0 Å². The van der Waals surface area contributed by atoms with E-state index in [1.807, 2.05) is 18.2 Å². The van der Waals surface area contributed by atoms with Gasteiger partial charge in [0.05, 0.1) is 12.7 Å². The van der Waals surface area contributed by atoms with Crippen molar-refractivity contribution < 1.29 is 4.74 Å². The van der Waals surface area contributed by atoms with Crippen LogP contribution >= 0.6 is 15.9 Å². The molecule has 1 aliphatic rings. The zero-order valence-electron chi connectivity index (χ0n) is 9.40. The topological polar surface area (TPSA) is 50.8 Å². The minimum Gasteiger partial charge on any atom is -0.496 e. The molecule has 0 spiro atoms. The van der Waals surface area contributed by atoms with Gasteiger partial charge >= 0.3 is 0 Å². The van der Waals surface area contributed by atoms with Crippen LogP contribution in [0.4, 0.5) is 0 Å². The molecule has 5 heteroatoms. The molecule has 0 aliphatic heterocycles. The van der Waals surface area contributed by atoms with Crippen LogP contribution in [-0.4, -0.2) is 22.3 Å². The number of halogens is 1. The minimum atomic E-state index is 0.581. The third-order valence-corrected chi connectivity index (χ3v) is 3.36. The summed E-state index contributed by atoms with van der Waals surface area (Å²) in [7, 11) is 1.65. The smallest absolute Gasteiger partial charge is 0.184 e. The van der Waals surface area contributed by atoms with Gasteiger partial charge in [0.25, 0.3) is 0 Å². The number of nitrogens with one attached hydrogen (secondary N) is 1. The average molecular weight is 294 g/mol. The van der Waals surface area contributed by atoms with Crippen LogP contribution in [0.25, 0.3) is 11.4 Å². The molecule has 1 heterocycles. The summed E-state index contributed by atoms with van der Waals surface area (Å²) in [4.78, 5) is 4.52. The van der Waals surface area contributed by atoms with Gasteiger partial charge in [0.15, 0.2) is 5.82 Å². The van der Waals surface area contributed by atoms with Crippen molar-refractivity contribution in [1.82, 2.24) is 15.2 Å². The van der Waals surface area contributed by atoms with E-state index in [4.69, 9.17) is 4.74 Å². The van der Waals surface area contributed by atoms with Crippen molar-refractivity contribution in [3.63, 3.8) is 0 Å². The van der Waals surface area contributed by atoms with Crippen molar-refractivity contribution in [2.75, 3.05) is 7.11 Å². The number of aromatic amines is 1. The molecule has 88 valence electrons. The second-order valence-electron chi connectivity index (χ2n) is 4.16. The van der Waals surface area contributed by atoms with E-state index >= 15 is 0 Å². The lowest BCUT2D eigenvalue weighted by Crippen LogP contribution is -1.89. The second kappa shape index (κ2) is 4.14. The predicted octanol–water partition coefficient (Wildman–Crippen LogP) is 3.12. The van der Waals surface area contributed by atoms with Crippen LogP contribution < -0.4 is 4.74 Å². The average Bonchev–Trinajstić information content (AvgIpc) is 3.08. The third kappa shape index (κ3) is 2.07. The molecule has 4 nitrogen and oxygen atoms in total. The number of aromatic nitrogens is 3. The Kier molecular flexibility index (Phi) is 2.63. The molecule has 17 heavy (non-hydrogen) atoms. The van der Waals surface area contributed by atoms with E-state index in [0.29, 0.717) is 11.7 Å². The Morgan fingerprint density at radius 1 is 1.41 bits per heavy atom. The lowest BCUT2D eigenvalue weighted by Gasteiger charge is -2.05. The fourth-order valence-electron chi connectivity index (χ4n) is 1.78. The first-order chi connectivity index (χ1) is 8.28. The first-order valence-electron chi connectivity index (χ1n) is 5.54. The summed E-state index contributed by atoms with van der Waals surface area (Å²) in [5, 5.41) is 7.26. The summed E-state index contributed by atoms with van der Waals surface area (Å²) in [6.07, 6.45) is 2.43. The fourth-order valence-corrected chi connectivity index (χ4v) is 2.12. The Labute approximate surface area is 108 Å². The van der Waals surface area contributed by atoms with Gasteiger partial charge < -0.3 is 4.74 Å². The zero-order valence-corrected chi connectivity index (χ0v) is 11.0. The van der Waals surface area contributed by atoms with E-state index in [1.165, 1.54) is 12.8 Å². The first kappa shape index (κ1) is 10.8. The summed E-state index contributed by atoms with van der Waals surface area (Å²) in [5.74, 6) is 3.06. The molecule has 1 aromatic carbocycles. The zero-order chi connectivity index (χ0) is 11.8. The van der Waals surface area contributed by atoms with Crippen molar-refractivity contribution in [3.8, 4) is 17.1 Å². The number of nitrogens with zero attached hydrogens (tertiary/aromatic N) is 2. The van der Waals surface area contributed by atoms with Crippen molar-refractivity contribution in [2.24, 2.45) is 0 Å². The SMILES string of the molecule is COc1cc(Br)ccc1-c1n[nH]c(C2CC2)n1. The standard InChI is InChI=1S/C12H12BrN3O/c1-17-10-6-8(13)4-5-9(10)12-14-11(15-16-12)7-2-3-7/h4-7H,2-3H2,1H3,(H,14,15,16). The summed E-state index contributed by atoms with van der Waals surface area (Å²) in [5.41, 5.74) is 0.916. The van der Waals surface area contributed by atoms with Crippen LogP contribution in [0.3, 0.4) is 0 Å². The molecule has 2 aromatic rings. The van der Waals surface area contributed by atoms with Gasteiger partial charge in [-0.1, -0.05) is 15.9 Å². The maximum absolute atomic E-state index is 5.34. The summed E-state index contributed by atoms with van der Waals surface area (Å²) < 4.78 is 6.32. The number of benzene rings is 1. The van der Waals surface area contributed by atoms with E-state index in [-0.39, 0.29) is 0 Å². The van der Waals surface area contributed by atoms with Crippen LogP contribution in [0.5, 0.6) is 5.75 Å². The molecule has 3 rings (SSSR count). The highest BCUT2D eigenvalue weighted by atomic mass is 79.9. The van der Waals surface area contributed by atoms with Crippen molar-refractivity contribution in [1.29, 1.82) is 0 Å². The summed E-state index contributed by atoms with van der Waals surface area (Å²) >= 11 is 3.42. The van der Waals surface area contributed by atoms with E-state index in [1.54, 1.807) is 7.11 Å². The molecule has 0 atom stereocenters. The van der Waals surface area contributed by atoms with Crippen LogP contribution in [-0.2, 0) is 0 Å². The van der Waals surface area contributed by atoms with E-state index in [2.05, 4.69) is 31.1 Å². The summed E-state index contributed by atoms with van der Waals surface area (Å²) in [6.45, 7) is 0. The third-order valence-electron chi connectivity index (χ3n) is 2.87. The molecular formula is C12H12BrN3O. The van der Waals surface area contributed by atoms with Gasteiger partial charge in [0.1, 0.15) is 11.6 Å². The number of ether oxygens (including phenoxy) is 1. The van der Waals surface area contributed by atoms with Gasteiger partial charge in [-0.25, -0.2) is 4.98 Å². The fraction of sp³-hybridized carbons (Fsp3) is 0.333. The maximum Gasteiger partial charge on any atom is 0.184 e. The Bertz CT molecular complexity index is 548. The van der Waals surface area contributed by atoms with Crippen LogP contribution in [0, 0.1) is 0 Å². The molecule has 1 saturated carbocycles. The number of methoxy groups -OCH3 is 1. The molecule has 0 amide bonds. The Morgan fingerprint density at radius 3 is 2.94 bits per heavy atom. The maximum atomic E-state index is 5.34. The Morgan fingerprint density at radius 2 is 2.24 bits per heavy atom. The van der Waals surface area contributed by atoms with Gasteiger partial charge in [-0.15, -0.1) is 0 Å². The van der Waals surface area contributed by atoms with E-state index in [0.717, 1.165) is 21.6 Å². The largest absolute Gasteiger partial charge is 0.496 e.